The molecule has 1 amide bonds. The summed E-state index contributed by atoms with van der Waals surface area (Å²) in [6.07, 6.45) is 1.32. The Labute approximate surface area is 106 Å². The van der Waals surface area contributed by atoms with Gasteiger partial charge in [-0.25, -0.2) is 0 Å². The first-order valence-corrected chi connectivity index (χ1v) is 6.31. The topological polar surface area (TPSA) is 49.4 Å². The third-order valence-electron chi connectivity index (χ3n) is 3.87. The minimum absolute atomic E-state index is 0.0946. The van der Waals surface area contributed by atoms with Crippen molar-refractivity contribution in [2.24, 2.45) is 5.92 Å². The summed E-state index contributed by atoms with van der Waals surface area (Å²) in [7, 11) is 1.77. The van der Waals surface area contributed by atoms with E-state index in [0.717, 1.165) is 36.3 Å². The van der Waals surface area contributed by atoms with Crippen LogP contribution in [0.25, 0.3) is 0 Å². The van der Waals surface area contributed by atoms with Crippen molar-refractivity contribution in [2.45, 2.75) is 12.8 Å². The molecule has 0 spiro atoms. The van der Waals surface area contributed by atoms with Gasteiger partial charge in [0.2, 0.25) is 5.91 Å². The first-order valence-electron chi connectivity index (χ1n) is 6.31. The van der Waals surface area contributed by atoms with Crippen LogP contribution < -0.4 is 10.2 Å². The van der Waals surface area contributed by atoms with E-state index in [0.29, 0.717) is 6.42 Å². The lowest BCUT2D eigenvalue weighted by Gasteiger charge is -2.11. The number of anilines is 1. The Morgan fingerprint density at radius 1 is 1.44 bits per heavy atom. The van der Waals surface area contributed by atoms with Gasteiger partial charge >= 0.3 is 0 Å². The Bertz CT molecular complexity index is 519. The van der Waals surface area contributed by atoms with Gasteiger partial charge in [-0.15, -0.1) is 0 Å². The van der Waals surface area contributed by atoms with Crippen molar-refractivity contribution in [2.75, 3.05) is 25.0 Å². The minimum Gasteiger partial charge on any atom is -0.316 e. The molecule has 94 valence electrons. The molecule has 2 heterocycles. The van der Waals surface area contributed by atoms with Crippen molar-refractivity contribution in [3.8, 4) is 0 Å². The van der Waals surface area contributed by atoms with Gasteiger partial charge in [-0.05, 0) is 36.7 Å². The number of carbonyl (C=O) groups is 2. The summed E-state index contributed by atoms with van der Waals surface area (Å²) >= 11 is 0. The number of amides is 1. The van der Waals surface area contributed by atoms with E-state index in [2.05, 4.69) is 5.32 Å². The van der Waals surface area contributed by atoms with Crippen LogP contribution in [-0.4, -0.2) is 31.8 Å². The molecule has 1 saturated heterocycles. The van der Waals surface area contributed by atoms with Crippen molar-refractivity contribution in [3.05, 3.63) is 29.3 Å². The number of fused-ring (bicyclic) bond motifs is 1. The Morgan fingerprint density at radius 3 is 3.00 bits per heavy atom. The number of hydrogen-bond donors (Lipinski definition) is 1. The third-order valence-corrected chi connectivity index (χ3v) is 3.87. The van der Waals surface area contributed by atoms with Crippen molar-refractivity contribution in [3.63, 3.8) is 0 Å². The fourth-order valence-electron chi connectivity index (χ4n) is 2.74. The van der Waals surface area contributed by atoms with Crippen molar-refractivity contribution in [1.82, 2.24) is 5.32 Å². The molecule has 1 aromatic carbocycles. The van der Waals surface area contributed by atoms with E-state index in [-0.39, 0.29) is 17.6 Å². The van der Waals surface area contributed by atoms with Gasteiger partial charge in [0.05, 0.1) is 6.42 Å². The highest BCUT2D eigenvalue weighted by molar-refractivity contribution is 6.04. The summed E-state index contributed by atoms with van der Waals surface area (Å²) < 4.78 is 0. The molecule has 1 atom stereocenters. The zero-order valence-electron chi connectivity index (χ0n) is 10.4. The number of benzene rings is 1. The van der Waals surface area contributed by atoms with Gasteiger partial charge in [0, 0.05) is 30.8 Å². The molecule has 18 heavy (non-hydrogen) atoms. The Morgan fingerprint density at radius 2 is 2.28 bits per heavy atom. The molecule has 2 aliphatic rings. The quantitative estimate of drug-likeness (QED) is 0.789. The SMILES string of the molecule is CN1C(=O)Cc2cc(C(=O)C3CCNC3)ccc21. The van der Waals surface area contributed by atoms with Crippen LogP contribution in [0.5, 0.6) is 0 Å². The fraction of sp³-hybridized carbons (Fsp3) is 0.429. The van der Waals surface area contributed by atoms with Crippen LogP contribution in [0.3, 0.4) is 0 Å². The molecule has 0 bridgehead atoms. The van der Waals surface area contributed by atoms with E-state index in [1.165, 1.54) is 0 Å². The van der Waals surface area contributed by atoms with Crippen molar-refractivity contribution in [1.29, 1.82) is 0 Å². The molecular weight excluding hydrogens is 228 g/mol. The maximum atomic E-state index is 12.3. The molecule has 2 aliphatic heterocycles. The van der Waals surface area contributed by atoms with Gasteiger partial charge in [0.15, 0.2) is 5.78 Å². The van der Waals surface area contributed by atoms with E-state index < -0.39 is 0 Å². The fourth-order valence-corrected chi connectivity index (χ4v) is 2.74. The van der Waals surface area contributed by atoms with E-state index in [1.54, 1.807) is 11.9 Å². The average Bonchev–Trinajstić information content (AvgIpc) is 2.98. The standard InChI is InChI=1S/C14H16N2O2/c1-16-12-3-2-9(6-11(12)7-13(16)17)14(18)10-4-5-15-8-10/h2-3,6,10,15H,4-5,7-8H2,1H3. The number of Topliss-reactive ketones (excluding diaryl/α,β-unsaturated/α-hetero) is 1. The second kappa shape index (κ2) is 4.21. The van der Waals surface area contributed by atoms with Crippen molar-refractivity contribution >= 4 is 17.4 Å². The second-order valence-corrected chi connectivity index (χ2v) is 5.03. The number of nitrogens with zero attached hydrogens (tertiary/aromatic N) is 1. The van der Waals surface area contributed by atoms with E-state index >= 15 is 0 Å². The zero-order valence-corrected chi connectivity index (χ0v) is 10.4. The smallest absolute Gasteiger partial charge is 0.231 e. The van der Waals surface area contributed by atoms with Crippen LogP contribution >= 0.6 is 0 Å². The van der Waals surface area contributed by atoms with Gasteiger partial charge in [-0.3, -0.25) is 9.59 Å². The molecule has 1 N–H and O–H groups in total. The summed E-state index contributed by atoms with van der Waals surface area (Å²) in [5.74, 6) is 0.389. The van der Waals surface area contributed by atoms with Gasteiger partial charge in [-0.1, -0.05) is 0 Å². The molecule has 0 aliphatic carbocycles. The molecule has 1 unspecified atom stereocenters. The molecule has 4 heteroatoms. The maximum Gasteiger partial charge on any atom is 0.231 e. The number of nitrogens with one attached hydrogen (secondary N) is 1. The third kappa shape index (κ3) is 1.73. The number of hydrogen-bond acceptors (Lipinski definition) is 3. The molecule has 3 rings (SSSR count). The Balaban J connectivity index is 1.89. The predicted molar refractivity (Wildman–Crippen MR) is 68.9 cm³/mol. The summed E-state index contributed by atoms with van der Waals surface area (Å²) in [5, 5.41) is 3.21. The van der Waals surface area contributed by atoms with Crippen molar-refractivity contribution < 1.29 is 9.59 Å². The number of carbonyl (C=O) groups excluding carboxylic acids is 2. The maximum absolute atomic E-state index is 12.3. The minimum atomic E-state index is 0.0946. The normalized spacial score (nSPS) is 22.4. The van der Waals surface area contributed by atoms with E-state index in [4.69, 9.17) is 0 Å². The van der Waals surface area contributed by atoms with Gasteiger partial charge in [0.25, 0.3) is 0 Å². The lowest BCUT2D eigenvalue weighted by Crippen LogP contribution is -2.20. The van der Waals surface area contributed by atoms with Crippen LogP contribution in [0.1, 0.15) is 22.3 Å². The van der Waals surface area contributed by atoms with E-state index in [1.807, 2.05) is 18.2 Å². The molecular formula is C14H16N2O2. The van der Waals surface area contributed by atoms with Gasteiger partial charge in [0.1, 0.15) is 0 Å². The summed E-state index contributed by atoms with van der Waals surface area (Å²) in [6.45, 7) is 1.69. The second-order valence-electron chi connectivity index (χ2n) is 5.03. The molecule has 0 saturated carbocycles. The van der Waals surface area contributed by atoms with Crippen LogP contribution in [0.15, 0.2) is 18.2 Å². The Kier molecular flexibility index (Phi) is 2.67. The molecule has 4 nitrogen and oxygen atoms in total. The van der Waals surface area contributed by atoms with Crippen LogP contribution in [0, 0.1) is 5.92 Å². The first-order chi connectivity index (χ1) is 8.66. The summed E-state index contributed by atoms with van der Waals surface area (Å²) in [6, 6.07) is 5.61. The lowest BCUT2D eigenvalue weighted by molar-refractivity contribution is -0.117. The highest BCUT2D eigenvalue weighted by Crippen LogP contribution is 2.29. The lowest BCUT2D eigenvalue weighted by atomic mass is 9.95. The number of ketones is 1. The average molecular weight is 244 g/mol. The summed E-state index contributed by atoms with van der Waals surface area (Å²) in [4.78, 5) is 25.5. The largest absolute Gasteiger partial charge is 0.316 e. The van der Waals surface area contributed by atoms with Crippen LogP contribution in [0.2, 0.25) is 0 Å². The molecule has 0 radical (unpaired) electrons. The van der Waals surface area contributed by atoms with Crippen LogP contribution in [-0.2, 0) is 11.2 Å². The molecule has 1 aromatic rings. The highest BCUT2D eigenvalue weighted by atomic mass is 16.2. The number of likely N-dealkylation sites (N-methyl/N-ethyl adjacent to an activating group) is 1. The first kappa shape index (κ1) is 11.4. The van der Waals surface area contributed by atoms with Gasteiger partial charge < -0.3 is 10.2 Å². The van der Waals surface area contributed by atoms with Crippen LogP contribution in [0.4, 0.5) is 5.69 Å². The Hall–Kier alpha value is -1.68. The number of rotatable bonds is 2. The summed E-state index contributed by atoms with van der Waals surface area (Å²) in [5.41, 5.74) is 2.64. The highest BCUT2D eigenvalue weighted by Gasteiger charge is 2.27. The predicted octanol–water partition coefficient (Wildman–Crippen LogP) is 0.998. The van der Waals surface area contributed by atoms with Gasteiger partial charge in [-0.2, -0.15) is 0 Å². The van der Waals surface area contributed by atoms with E-state index in [9.17, 15) is 9.59 Å². The monoisotopic (exact) mass is 244 g/mol. The molecule has 0 aromatic heterocycles. The molecule has 1 fully saturated rings. The zero-order chi connectivity index (χ0) is 12.7.